The Morgan fingerprint density at radius 3 is 2.38 bits per heavy atom. The summed E-state index contributed by atoms with van der Waals surface area (Å²) in [4.78, 5) is 0. The molecule has 0 heterocycles. The van der Waals surface area contributed by atoms with Gasteiger partial charge in [0.05, 0.1) is 0 Å². The van der Waals surface area contributed by atoms with Gasteiger partial charge in [-0.3, -0.25) is 0 Å². The summed E-state index contributed by atoms with van der Waals surface area (Å²) < 4.78 is 0. The van der Waals surface area contributed by atoms with Gasteiger partial charge in [0, 0.05) is 18.0 Å². The molecule has 0 fully saturated rings. The monoisotopic (exact) mass is 239 g/mol. The van der Waals surface area contributed by atoms with E-state index in [1.807, 2.05) is 0 Å². The molecule has 1 unspecified atom stereocenters. The lowest BCUT2D eigenvalue weighted by Crippen LogP contribution is -2.28. The minimum absolute atomic E-state index is 0.462. The molecule has 1 nitrogen and oxygen atoms in total. The molecule has 1 rings (SSSR count). The summed E-state index contributed by atoms with van der Waals surface area (Å²) >= 11 is 5.72. The van der Waals surface area contributed by atoms with Gasteiger partial charge in [0.25, 0.3) is 0 Å². The highest BCUT2D eigenvalue weighted by Gasteiger charge is 2.11. The highest BCUT2D eigenvalue weighted by molar-refractivity contribution is 6.17. The third-order valence-corrected chi connectivity index (χ3v) is 2.88. The third-order valence-electron chi connectivity index (χ3n) is 2.61. The number of rotatable bonds is 7. The second-order valence-electron chi connectivity index (χ2n) is 4.47. The third kappa shape index (κ3) is 5.00. The maximum absolute atomic E-state index is 5.72. The first-order valence-corrected chi connectivity index (χ1v) is 6.64. The Bertz CT molecular complexity index is 271. The van der Waals surface area contributed by atoms with Gasteiger partial charge in [-0.25, -0.2) is 0 Å². The summed E-state index contributed by atoms with van der Waals surface area (Å²) in [5.74, 6) is 0.767. The van der Waals surface area contributed by atoms with Crippen molar-refractivity contribution in [3.05, 3.63) is 35.9 Å². The zero-order valence-electron chi connectivity index (χ0n) is 10.2. The van der Waals surface area contributed by atoms with Gasteiger partial charge in [0.1, 0.15) is 0 Å². The van der Waals surface area contributed by atoms with E-state index < -0.39 is 0 Å². The minimum atomic E-state index is 0.462. The van der Waals surface area contributed by atoms with Gasteiger partial charge in [-0.05, 0) is 18.4 Å². The van der Waals surface area contributed by atoms with Crippen LogP contribution in [0.4, 0.5) is 0 Å². The molecule has 1 aromatic carbocycles. The minimum Gasteiger partial charge on any atom is -0.308 e. The maximum atomic E-state index is 5.72. The molecule has 0 aliphatic heterocycles. The molecule has 0 radical (unpaired) electrons. The van der Waals surface area contributed by atoms with Crippen molar-refractivity contribution in [3.8, 4) is 0 Å². The van der Waals surface area contributed by atoms with E-state index in [4.69, 9.17) is 11.6 Å². The van der Waals surface area contributed by atoms with Gasteiger partial charge < -0.3 is 5.32 Å². The van der Waals surface area contributed by atoms with Crippen molar-refractivity contribution in [2.75, 3.05) is 5.88 Å². The van der Waals surface area contributed by atoms with Crippen molar-refractivity contribution in [2.45, 2.75) is 45.2 Å². The van der Waals surface area contributed by atoms with Crippen LogP contribution in [0.5, 0.6) is 0 Å². The molecular formula is C14H22ClN. The van der Waals surface area contributed by atoms with Gasteiger partial charge in [-0.2, -0.15) is 0 Å². The highest BCUT2D eigenvalue weighted by atomic mass is 35.5. The average Bonchev–Trinajstić information content (AvgIpc) is 2.29. The number of halogens is 1. The molecule has 2 heteroatoms. The highest BCUT2D eigenvalue weighted by Crippen LogP contribution is 2.19. The van der Waals surface area contributed by atoms with Crippen LogP contribution in [0.15, 0.2) is 30.3 Å². The van der Waals surface area contributed by atoms with Crippen LogP contribution in [0.2, 0.25) is 0 Å². The first-order valence-electron chi connectivity index (χ1n) is 6.11. The predicted molar refractivity (Wildman–Crippen MR) is 72.0 cm³/mol. The second kappa shape index (κ2) is 7.70. The van der Waals surface area contributed by atoms with E-state index in [-0.39, 0.29) is 0 Å². The van der Waals surface area contributed by atoms with Gasteiger partial charge in [0.15, 0.2) is 0 Å². The number of benzene rings is 1. The molecule has 0 spiro atoms. The van der Waals surface area contributed by atoms with Crippen molar-refractivity contribution in [1.82, 2.24) is 5.32 Å². The molecule has 0 aliphatic carbocycles. The Kier molecular flexibility index (Phi) is 6.51. The fourth-order valence-electron chi connectivity index (χ4n) is 1.88. The molecule has 0 aliphatic rings. The van der Waals surface area contributed by atoms with Crippen molar-refractivity contribution < 1.29 is 0 Å². The molecule has 1 aromatic rings. The largest absolute Gasteiger partial charge is 0.308 e. The van der Waals surface area contributed by atoms with Crippen LogP contribution in [-0.2, 0) is 0 Å². The molecule has 1 atom stereocenters. The SMILES string of the molecule is CC(C)NC(CCCCCl)c1ccccc1. The lowest BCUT2D eigenvalue weighted by Gasteiger charge is -2.21. The van der Waals surface area contributed by atoms with Crippen LogP contribution in [-0.4, -0.2) is 11.9 Å². The molecule has 0 saturated heterocycles. The van der Waals surface area contributed by atoms with E-state index in [9.17, 15) is 0 Å². The average molecular weight is 240 g/mol. The van der Waals surface area contributed by atoms with Crippen LogP contribution in [0.1, 0.15) is 44.7 Å². The van der Waals surface area contributed by atoms with Gasteiger partial charge in [-0.1, -0.05) is 50.6 Å². The summed E-state index contributed by atoms with van der Waals surface area (Å²) in [5.41, 5.74) is 1.38. The molecule has 1 N–H and O–H groups in total. The van der Waals surface area contributed by atoms with E-state index in [0.29, 0.717) is 12.1 Å². The number of nitrogens with one attached hydrogen (secondary N) is 1. The van der Waals surface area contributed by atoms with E-state index in [2.05, 4.69) is 49.5 Å². The van der Waals surface area contributed by atoms with Crippen molar-refractivity contribution >= 4 is 11.6 Å². The first-order chi connectivity index (χ1) is 7.74. The molecule has 0 bridgehead atoms. The number of hydrogen-bond donors (Lipinski definition) is 1. The van der Waals surface area contributed by atoms with Gasteiger partial charge in [-0.15, -0.1) is 11.6 Å². The molecule has 0 aromatic heterocycles. The van der Waals surface area contributed by atoms with Crippen LogP contribution in [0, 0.1) is 0 Å². The van der Waals surface area contributed by atoms with Gasteiger partial charge in [0.2, 0.25) is 0 Å². The predicted octanol–water partition coefficient (Wildman–Crippen LogP) is 4.13. The zero-order valence-corrected chi connectivity index (χ0v) is 11.0. The molecule has 0 amide bonds. The van der Waals surface area contributed by atoms with E-state index >= 15 is 0 Å². The Balaban J connectivity index is 2.56. The molecule has 16 heavy (non-hydrogen) atoms. The Hall–Kier alpha value is -0.530. The lowest BCUT2D eigenvalue weighted by atomic mass is 10.0. The van der Waals surface area contributed by atoms with Crippen LogP contribution in [0.3, 0.4) is 0 Å². The normalized spacial score (nSPS) is 13.0. The number of alkyl halides is 1. The first kappa shape index (κ1) is 13.5. The fourth-order valence-corrected chi connectivity index (χ4v) is 2.07. The summed E-state index contributed by atoms with van der Waals surface area (Å²) in [6.07, 6.45) is 3.45. The van der Waals surface area contributed by atoms with Crippen molar-refractivity contribution in [1.29, 1.82) is 0 Å². The Labute approximate surface area is 104 Å². The number of unbranched alkanes of at least 4 members (excludes halogenated alkanes) is 1. The molecular weight excluding hydrogens is 218 g/mol. The standard InChI is InChI=1S/C14H22ClN/c1-12(2)16-14(10-6-7-11-15)13-8-4-3-5-9-13/h3-5,8-9,12,14,16H,6-7,10-11H2,1-2H3. The molecule has 90 valence electrons. The topological polar surface area (TPSA) is 12.0 Å². The quantitative estimate of drug-likeness (QED) is 0.557. The number of hydrogen-bond acceptors (Lipinski definition) is 1. The molecule has 0 saturated carbocycles. The van der Waals surface area contributed by atoms with Crippen LogP contribution >= 0.6 is 11.6 Å². The summed E-state index contributed by atoms with van der Waals surface area (Å²) in [6.45, 7) is 4.38. The smallest absolute Gasteiger partial charge is 0.0322 e. The fraction of sp³-hybridized carbons (Fsp3) is 0.571. The van der Waals surface area contributed by atoms with E-state index in [1.54, 1.807) is 0 Å². The summed E-state index contributed by atoms with van der Waals surface area (Å²) in [7, 11) is 0. The van der Waals surface area contributed by atoms with Gasteiger partial charge >= 0.3 is 0 Å². The van der Waals surface area contributed by atoms with E-state index in [1.165, 1.54) is 12.0 Å². The second-order valence-corrected chi connectivity index (χ2v) is 4.85. The van der Waals surface area contributed by atoms with Crippen molar-refractivity contribution in [3.63, 3.8) is 0 Å². The Morgan fingerprint density at radius 1 is 1.12 bits per heavy atom. The summed E-state index contributed by atoms with van der Waals surface area (Å²) in [6, 6.07) is 11.6. The lowest BCUT2D eigenvalue weighted by molar-refractivity contribution is 0.440. The maximum Gasteiger partial charge on any atom is 0.0322 e. The van der Waals surface area contributed by atoms with E-state index in [0.717, 1.165) is 18.7 Å². The van der Waals surface area contributed by atoms with Crippen molar-refractivity contribution in [2.24, 2.45) is 0 Å². The Morgan fingerprint density at radius 2 is 1.81 bits per heavy atom. The zero-order chi connectivity index (χ0) is 11.8. The van der Waals surface area contributed by atoms with Crippen LogP contribution < -0.4 is 5.32 Å². The summed E-state index contributed by atoms with van der Waals surface area (Å²) in [5, 5.41) is 3.61. The van der Waals surface area contributed by atoms with Crippen LogP contribution in [0.25, 0.3) is 0 Å².